The molecule has 4 saturated heterocycles. The normalized spacial score (nSPS) is 25.9. The Balaban J connectivity index is 1.03. The van der Waals surface area contributed by atoms with Crippen LogP contribution in [0.4, 0.5) is 11.4 Å². The average molecular weight is 721 g/mol. The summed E-state index contributed by atoms with van der Waals surface area (Å²) < 4.78 is 12.4. The van der Waals surface area contributed by atoms with E-state index < -0.39 is 0 Å². The summed E-state index contributed by atoms with van der Waals surface area (Å²) >= 11 is 0. The highest BCUT2D eigenvalue weighted by Gasteiger charge is 2.41. The Kier molecular flexibility index (Phi) is 10.6. The number of piperidine rings is 2. The molecule has 0 N–H and O–H groups in total. The van der Waals surface area contributed by atoms with Crippen molar-refractivity contribution in [2.45, 2.75) is 87.7 Å². The number of carbonyl (C=O) groups is 2. The van der Waals surface area contributed by atoms with E-state index in [1.54, 1.807) is 0 Å². The quantitative estimate of drug-likeness (QED) is 0.0703. The van der Waals surface area contributed by atoms with Gasteiger partial charge in [0.15, 0.2) is 0 Å². The van der Waals surface area contributed by atoms with Crippen molar-refractivity contribution in [3.8, 4) is 0 Å². The van der Waals surface area contributed by atoms with Gasteiger partial charge in [-0.25, -0.2) is 9.59 Å². The van der Waals surface area contributed by atoms with Gasteiger partial charge in [0.2, 0.25) is 0 Å². The van der Waals surface area contributed by atoms with E-state index in [0.29, 0.717) is 57.8 Å². The molecule has 4 aromatic carbocycles. The average Bonchev–Trinajstić information content (AvgIpc) is 3.50. The van der Waals surface area contributed by atoms with E-state index in [2.05, 4.69) is 34.1 Å². The first-order chi connectivity index (χ1) is 26.4. The fraction of sp³-hybridized carbons (Fsp3) is 0.348. The fourth-order valence-electron chi connectivity index (χ4n) is 8.88. The van der Waals surface area contributed by atoms with Crippen molar-refractivity contribution in [1.29, 1.82) is 0 Å². The minimum absolute atomic E-state index is 0.0990. The lowest BCUT2D eigenvalue weighted by Gasteiger charge is -2.35. The maximum atomic E-state index is 13.9. The second-order valence-electron chi connectivity index (χ2n) is 15.3. The highest BCUT2D eigenvalue weighted by molar-refractivity contribution is 6.22. The Morgan fingerprint density at radius 3 is 1.28 bits per heavy atom. The molecule has 4 heterocycles. The minimum atomic E-state index is -0.327. The molecule has 4 aliphatic rings. The van der Waals surface area contributed by atoms with E-state index in [1.807, 2.05) is 121 Å². The smallest absolute Gasteiger partial charge is 0.339 e. The zero-order chi connectivity index (χ0) is 37.0. The molecule has 4 fully saturated rings. The second kappa shape index (κ2) is 16.0. The Labute approximate surface area is 318 Å². The second-order valence-corrected chi connectivity index (χ2v) is 15.3. The number of fused-ring (bicyclic) bond motifs is 4. The minimum Gasteiger partial charge on any atom is -0.459 e. The Bertz CT molecular complexity index is 1890. The lowest BCUT2D eigenvalue weighted by atomic mass is 9.99. The lowest BCUT2D eigenvalue weighted by Crippen LogP contribution is -2.43. The lowest BCUT2D eigenvalue weighted by molar-refractivity contribution is -0.145. The highest BCUT2D eigenvalue weighted by atomic mass is 16.5. The third-order valence-electron chi connectivity index (χ3n) is 11.9. The number of nitrogens with zero attached hydrogens (tertiary/aromatic N) is 4. The summed E-state index contributed by atoms with van der Waals surface area (Å²) in [5.41, 5.74) is 5.41. The van der Waals surface area contributed by atoms with E-state index in [-0.39, 0.29) is 24.1 Å². The molecule has 8 rings (SSSR count). The first-order valence-electron chi connectivity index (χ1n) is 19.4. The molecule has 4 aliphatic heterocycles. The van der Waals surface area contributed by atoms with Gasteiger partial charge in [0.05, 0.1) is 22.5 Å². The standard InChI is InChI=1S/C46H48N4O4/c1-49-37-19-20-38(49)28-41(27-37)53-45(51)43(23-31-11-5-3-6-12-31)33-15-9-17-35(25-33)47-48-36-18-10-16-34(26-36)44(24-32-13-7-4-8-14-32)46(52)54-42-29-39-21-22-40(30-42)50(39)2/h3-18,23-26,37-42H,19-22,27-30H2,1-2H3/b43-23-,44-24-,48-47?/t37-,38+,39-,40+,41?,42?. The summed E-state index contributed by atoms with van der Waals surface area (Å²) in [6, 6.07) is 36.6. The Morgan fingerprint density at radius 2 is 0.907 bits per heavy atom. The van der Waals surface area contributed by atoms with Crippen LogP contribution in [0.2, 0.25) is 0 Å². The monoisotopic (exact) mass is 720 g/mol. The van der Waals surface area contributed by atoms with Gasteiger partial charge >= 0.3 is 11.9 Å². The number of ether oxygens (including phenoxy) is 2. The van der Waals surface area contributed by atoms with Gasteiger partial charge in [-0.15, -0.1) is 0 Å². The molecule has 0 spiro atoms. The van der Waals surface area contributed by atoms with E-state index in [1.165, 1.54) is 0 Å². The van der Waals surface area contributed by atoms with Crippen LogP contribution in [0, 0.1) is 0 Å². The van der Waals surface area contributed by atoms with Crippen molar-refractivity contribution in [2.75, 3.05) is 14.1 Å². The number of benzene rings is 4. The predicted octanol–water partition coefficient (Wildman–Crippen LogP) is 9.52. The molecule has 2 unspecified atom stereocenters. The van der Waals surface area contributed by atoms with Crippen LogP contribution >= 0.6 is 0 Å². The Morgan fingerprint density at radius 1 is 0.537 bits per heavy atom. The molecule has 276 valence electrons. The third kappa shape index (κ3) is 8.15. The number of hydrogen-bond donors (Lipinski definition) is 0. The molecule has 8 nitrogen and oxygen atoms in total. The van der Waals surface area contributed by atoms with Crippen molar-refractivity contribution in [2.24, 2.45) is 10.2 Å². The first kappa shape index (κ1) is 35.8. The SMILES string of the molecule is CN1[C@@H]2CC[C@H]1CC(OC(=O)/C(=C\c1ccccc1)c1cccc(N=Nc3cccc(/C(=C/c4ccccc4)C(=O)OC4C[C@H]5CC[C@@H](C4)N5C)c3)c1)C2. The molecule has 0 amide bonds. The molecular formula is C46H48N4O4. The van der Waals surface area contributed by atoms with Gasteiger partial charge < -0.3 is 19.3 Å². The highest BCUT2D eigenvalue weighted by Crippen LogP contribution is 2.38. The zero-order valence-corrected chi connectivity index (χ0v) is 31.1. The molecule has 0 radical (unpaired) electrons. The maximum Gasteiger partial charge on any atom is 0.339 e. The molecule has 4 bridgehead atoms. The topological polar surface area (TPSA) is 83.8 Å². The van der Waals surface area contributed by atoms with E-state index >= 15 is 0 Å². The third-order valence-corrected chi connectivity index (χ3v) is 11.9. The molecule has 0 aromatic heterocycles. The molecule has 0 saturated carbocycles. The van der Waals surface area contributed by atoms with Crippen LogP contribution in [-0.4, -0.2) is 72.2 Å². The number of esters is 2. The van der Waals surface area contributed by atoms with Crippen LogP contribution in [0.1, 0.15) is 73.6 Å². The van der Waals surface area contributed by atoms with Crippen LogP contribution in [-0.2, 0) is 19.1 Å². The molecule has 0 aliphatic carbocycles. The van der Waals surface area contributed by atoms with Gasteiger partial charge in [-0.3, -0.25) is 0 Å². The predicted molar refractivity (Wildman–Crippen MR) is 213 cm³/mol. The molecule has 6 atom stereocenters. The summed E-state index contributed by atoms with van der Waals surface area (Å²) in [7, 11) is 4.37. The van der Waals surface area contributed by atoms with Gasteiger partial charge in [0.1, 0.15) is 12.2 Å². The number of hydrogen-bond acceptors (Lipinski definition) is 8. The maximum absolute atomic E-state index is 13.9. The molecule has 54 heavy (non-hydrogen) atoms. The van der Waals surface area contributed by atoms with E-state index in [0.717, 1.165) is 62.5 Å². The van der Waals surface area contributed by atoms with E-state index in [9.17, 15) is 9.59 Å². The van der Waals surface area contributed by atoms with Gasteiger partial charge in [-0.05, 0) is 98.4 Å². The van der Waals surface area contributed by atoms with Gasteiger partial charge in [-0.2, -0.15) is 10.2 Å². The summed E-state index contributed by atoms with van der Waals surface area (Å²) in [6.07, 6.45) is 11.7. The molecular weight excluding hydrogens is 673 g/mol. The van der Waals surface area contributed by atoms with Crippen molar-refractivity contribution in [3.05, 3.63) is 131 Å². The van der Waals surface area contributed by atoms with Crippen molar-refractivity contribution >= 4 is 46.6 Å². The fourth-order valence-corrected chi connectivity index (χ4v) is 8.88. The van der Waals surface area contributed by atoms with E-state index in [4.69, 9.17) is 9.47 Å². The largest absolute Gasteiger partial charge is 0.459 e. The Hall–Kier alpha value is -5.18. The van der Waals surface area contributed by atoms with Crippen LogP contribution in [0.15, 0.2) is 119 Å². The zero-order valence-electron chi connectivity index (χ0n) is 31.1. The summed E-state index contributed by atoms with van der Waals surface area (Å²) in [4.78, 5) is 32.7. The number of carbonyl (C=O) groups excluding carboxylic acids is 2. The van der Waals surface area contributed by atoms with Crippen molar-refractivity contribution in [3.63, 3.8) is 0 Å². The van der Waals surface area contributed by atoms with Gasteiger partial charge in [-0.1, -0.05) is 84.9 Å². The van der Waals surface area contributed by atoms with Gasteiger partial charge in [0, 0.05) is 49.9 Å². The first-order valence-corrected chi connectivity index (χ1v) is 19.4. The summed E-state index contributed by atoms with van der Waals surface area (Å²) in [5.74, 6) is -0.653. The number of azo groups is 1. The van der Waals surface area contributed by atoms with Crippen molar-refractivity contribution < 1.29 is 19.1 Å². The van der Waals surface area contributed by atoms with Gasteiger partial charge in [0.25, 0.3) is 0 Å². The van der Waals surface area contributed by atoms with Crippen LogP contribution < -0.4 is 0 Å². The summed E-state index contributed by atoms with van der Waals surface area (Å²) in [5, 5.41) is 9.18. The number of rotatable bonds is 10. The summed E-state index contributed by atoms with van der Waals surface area (Å²) in [6.45, 7) is 0. The van der Waals surface area contributed by atoms with Crippen LogP contribution in [0.5, 0.6) is 0 Å². The molecule has 8 heteroatoms. The molecule has 4 aromatic rings. The van der Waals surface area contributed by atoms with Crippen LogP contribution in [0.25, 0.3) is 23.3 Å². The van der Waals surface area contributed by atoms with Crippen LogP contribution in [0.3, 0.4) is 0 Å². The van der Waals surface area contributed by atoms with Crippen molar-refractivity contribution in [1.82, 2.24) is 9.80 Å².